The number of hydrogen-bond acceptors (Lipinski definition) is 5. The third-order valence-electron chi connectivity index (χ3n) is 4.34. The number of aromatic nitrogens is 1. The molecule has 1 fully saturated rings. The Bertz CT molecular complexity index is 903. The molecule has 1 amide bonds. The number of nitrogens with zero attached hydrogens (tertiary/aromatic N) is 1. The largest absolute Gasteiger partial charge is 0.488 e. The summed E-state index contributed by atoms with van der Waals surface area (Å²) in [5, 5.41) is 2.75. The molecule has 0 spiro atoms. The van der Waals surface area contributed by atoms with Crippen LogP contribution >= 0.6 is 0 Å². The molecular formula is C21H26F2N2O5. The van der Waals surface area contributed by atoms with Gasteiger partial charge in [0.2, 0.25) is 11.4 Å². The molecule has 2 unspecified atom stereocenters. The molecule has 1 aliphatic rings. The van der Waals surface area contributed by atoms with Gasteiger partial charge in [-0.25, -0.2) is 4.39 Å². The van der Waals surface area contributed by atoms with Crippen LogP contribution in [0.3, 0.4) is 0 Å². The van der Waals surface area contributed by atoms with E-state index in [1.165, 1.54) is 29.9 Å². The molecule has 30 heavy (non-hydrogen) atoms. The zero-order valence-corrected chi connectivity index (χ0v) is 17.2. The van der Waals surface area contributed by atoms with Gasteiger partial charge >= 0.3 is 0 Å². The fraction of sp³-hybridized carbons (Fsp3) is 0.429. The maximum absolute atomic E-state index is 12.9. The van der Waals surface area contributed by atoms with Crippen molar-refractivity contribution in [1.29, 1.82) is 0 Å². The molecule has 0 radical (unpaired) electrons. The van der Waals surface area contributed by atoms with Crippen molar-refractivity contribution in [2.45, 2.75) is 32.0 Å². The number of hydrogen-bond donors (Lipinski definition) is 1. The van der Waals surface area contributed by atoms with Crippen LogP contribution in [0.1, 0.15) is 19.8 Å². The van der Waals surface area contributed by atoms with Crippen LogP contribution in [0.4, 0.5) is 14.5 Å². The van der Waals surface area contributed by atoms with Gasteiger partial charge in [0, 0.05) is 26.4 Å². The first-order chi connectivity index (χ1) is 14.3. The molecule has 2 atom stereocenters. The topological polar surface area (TPSA) is 78.8 Å². The maximum atomic E-state index is 12.9. The number of halogens is 2. The minimum Gasteiger partial charge on any atom is -0.488 e. The standard InChI is InChI=1S/C12H16N2O3.C9H10F2O2/c1-8-3-5-10(17-8)12(16)13-9-4-6-11(15)14(2)7-9;1-12-5-6-13-8-4-2-3-7(10)9(8)11/h4,6-8,10H,3,5H2,1-2H3,(H,13,16);2-4H,5-6H2,1H3. The van der Waals surface area contributed by atoms with Gasteiger partial charge < -0.3 is 24.1 Å². The van der Waals surface area contributed by atoms with E-state index in [0.717, 1.165) is 18.9 Å². The van der Waals surface area contributed by atoms with Crippen LogP contribution in [0.15, 0.2) is 41.3 Å². The van der Waals surface area contributed by atoms with Crippen LogP contribution in [0.25, 0.3) is 0 Å². The lowest BCUT2D eigenvalue weighted by Crippen LogP contribution is -2.28. The first-order valence-electron chi connectivity index (χ1n) is 9.50. The molecule has 1 aliphatic heterocycles. The second-order valence-electron chi connectivity index (χ2n) is 6.76. The summed E-state index contributed by atoms with van der Waals surface area (Å²) in [6, 6.07) is 6.82. The van der Waals surface area contributed by atoms with Gasteiger partial charge in [0.05, 0.1) is 18.4 Å². The molecule has 7 nitrogen and oxygen atoms in total. The summed E-state index contributed by atoms with van der Waals surface area (Å²) in [6.45, 7) is 2.51. The Balaban J connectivity index is 0.000000222. The summed E-state index contributed by atoms with van der Waals surface area (Å²) in [5.74, 6) is -2.10. The third kappa shape index (κ3) is 6.93. The molecule has 164 valence electrons. The summed E-state index contributed by atoms with van der Waals surface area (Å²) in [4.78, 5) is 23.0. The normalized spacial score (nSPS) is 17.8. The van der Waals surface area contributed by atoms with E-state index in [1.807, 2.05) is 6.92 Å². The fourth-order valence-corrected chi connectivity index (χ4v) is 2.72. The van der Waals surface area contributed by atoms with E-state index in [2.05, 4.69) is 5.32 Å². The molecule has 9 heteroatoms. The quantitative estimate of drug-likeness (QED) is 0.722. The fourth-order valence-electron chi connectivity index (χ4n) is 2.72. The summed E-state index contributed by atoms with van der Waals surface area (Å²) in [6.07, 6.45) is 3.02. The lowest BCUT2D eigenvalue weighted by molar-refractivity contribution is -0.126. The predicted molar refractivity (Wildman–Crippen MR) is 108 cm³/mol. The first kappa shape index (κ1) is 23.5. The first-order valence-corrected chi connectivity index (χ1v) is 9.50. The van der Waals surface area contributed by atoms with Crippen LogP contribution in [-0.4, -0.2) is 43.0 Å². The predicted octanol–water partition coefficient (Wildman–Crippen LogP) is 2.88. The Labute approximate surface area is 173 Å². The van der Waals surface area contributed by atoms with Crippen LogP contribution in [0, 0.1) is 11.6 Å². The Morgan fingerprint density at radius 1 is 1.23 bits per heavy atom. The van der Waals surface area contributed by atoms with E-state index in [4.69, 9.17) is 14.2 Å². The minimum atomic E-state index is -0.960. The maximum Gasteiger partial charge on any atom is 0.253 e. The van der Waals surface area contributed by atoms with Crippen molar-refractivity contribution in [3.63, 3.8) is 0 Å². The monoisotopic (exact) mass is 424 g/mol. The van der Waals surface area contributed by atoms with E-state index >= 15 is 0 Å². The molecule has 1 aromatic heterocycles. The van der Waals surface area contributed by atoms with Crippen LogP contribution < -0.4 is 15.6 Å². The van der Waals surface area contributed by atoms with Crippen LogP contribution in [0.2, 0.25) is 0 Å². The third-order valence-corrected chi connectivity index (χ3v) is 4.34. The number of anilines is 1. The average molecular weight is 424 g/mol. The molecule has 0 saturated carbocycles. The highest BCUT2D eigenvalue weighted by Crippen LogP contribution is 2.20. The molecule has 2 aromatic rings. The number of aryl methyl sites for hydroxylation is 1. The number of amides is 1. The Kier molecular flexibility index (Phi) is 8.94. The second-order valence-corrected chi connectivity index (χ2v) is 6.76. The highest BCUT2D eigenvalue weighted by atomic mass is 19.2. The number of pyridine rings is 1. The molecule has 0 aliphatic carbocycles. The molecular weight excluding hydrogens is 398 g/mol. The second kappa shape index (κ2) is 11.4. The number of ether oxygens (including phenoxy) is 3. The summed E-state index contributed by atoms with van der Waals surface area (Å²) < 4.78 is 42.0. The Morgan fingerprint density at radius 2 is 2.00 bits per heavy atom. The van der Waals surface area contributed by atoms with Gasteiger partial charge in [0.25, 0.3) is 5.91 Å². The SMILES string of the molecule is CC1CCC(C(=O)Nc2ccc(=O)n(C)c2)O1.COCCOc1cccc(F)c1F. The van der Waals surface area contributed by atoms with Gasteiger partial charge in [0.1, 0.15) is 12.7 Å². The number of rotatable bonds is 6. The molecule has 3 rings (SSSR count). The molecule has 0 bridgehead atoms. The van der Waals surface area contributed by atoms with Gasteiger partial charge in [-0.2, -0.15) is 4.39 Å². The van der Waals surface area contributed by atoms with Gasteiger partial charge in [0.15, 0.2) is 11.6 Å². The molecule has 2 heterocycles. The van der Waals surface area contributed by atoms with E-state index < -0.39 is 11.6 Å². The summed E-state index contributed by atoms with van der Waals surface area (Å²) >= 11 is 0. The van der Waals surface area contributed by atoms with Crippen molar-refractivity contribution in [3.8, 4) is 5.75 Å². The number of methoxy groups -OCH3 is 1. The van der Waals surface area contributed by atoms with Crippen molar-refractivity contribution in [3.05, 3.63) is 58.5 Å². The summed E-state index contributed by atoms with van der Waals surface area (Å²) in [7, 11) is 3.15. The van der Waals surface area contributed by atoms with Crippen molar-refractivity contribution < 1.29 is 27.8 Å². The molecule has 1 N–H and O–H groups in total. The van der Waals surface area contributed by atoms with Gasteiger partial charge in [-0.05, 0) is 38.0 Å². The van der Waals surface area contributed by atoms with E-state index in [0.29, 0.717) is 12.3 Å². The lowest BCUT2D eigenvalue weighted by atomic mass is 10.2. The van der Waals surface area contributed by atoms with Gasteiger partial charge in [-0.3, -0.25) is 9.59 Å². The van der Waals surface area contributed by atoms with Crippen LogP contribution in [-0.2, 0) is 21.3 Å². The van der Waals surface area contributed by atoms with Crippen molar-refractivity contribution in [2.75, 3.05) is 25.6 Å². The van der Waals surface area contributed by atoms with Crippen molar-refractivity contribution in [2.24, 2.45) is 7.05 Å². The van der Waals surface area contributed by atoms with Gasteiger partial charge in [-0.1, -0.05) is 6.07 Å². The van der Waals surface area contributed by atoms with Gasteiger partial charge in [-0.15, -0.1) is 0 Å². The lowest BCUT2D eigenvalue weighted by Gasteiger charge is -2.12. The van der Waals surface area contributed by atoms with Crippen molar-refractivity contribution in [1.82, 2.24) is 4.57 Å². The highest BCUT2D eigenvalue weighted by Gasteiger charge is 2.28. The molecule has 1 saturated heterocycles. The molecule has 1 aromatic carbocycles. The minimum absolute atomic E-state index is 0.0861. The zero-order valence-electron chi connectivity index (χ0n) is 17.2. The number of carbonyl (C=O) groups is 1. The number of carbonyl (C=O) groups excluding carboxylic acids is 1. The number of nitrogens with one attached hydrogen (secondary N) is 1. The highest BCUT2D eigenvalue weighted by molar-refractivity contribution is 5.94. The number of benzene rings is 1. The van der Waals surface area contributed by atoms with E-state index in [9.17, 15) is 18.4 Å². The smallest absolute Gasteiger partial charge is 0.253 e. The van der Waals surface area contributed by atoms with E-state index in [1.54, 1.807) is 19.3 Å². The average Bonchev–Trinajstić information content (AvgIpc) is 3.15. The zero-order chi connectivity index (χ0) is 22.1. The Hall–Kier alpha value is -2.78. The van der Waals surface area contributed by atoms with Crippen molar-refractivity contribution >= 4 is 11.6 Å². The van der Waals surface area contributed by atoms with Crippen LogP contribution in [0.5, 0.6) is 5.75 Å². The Morgan fingerprint density at radius 3 is 2.63 bits per heavy atom. The van der Waals surface area contributed by atoms with E-state index in [-0.39, 0.29) is 36.0 Å². The summed E-state index contributed by atoms with van der Waals surface area (Å²) in [5.41, 5.74) is 0.508.